The molecule has 2 rings (SSSR count). The zero-order chi connectivity index (χ0) is 9.42. The third-order valence-corrected chi connectivity index (χ3v) is 2.65. The molecule has 2 unspecified atom stereocenters. The molecule has 0 spiro atoms. The molecule has 1 heterocycles. The summed E-state index contributed by atoms with van der Waals surface area (Å²) < 4.78 is 5.34. The number of amidine groups is 1. The molecule has 0 N–H and O–H groups in total. The van der Waals surface area contributed by atoms with Crippen LogP contribution in [-0.4, -0.2) is 37.0 Å². The largest absolute Gasteiger partial charge is 0.375 e. The van der Waals surface area contributed by atoms with Crippen LogP contribution in [0.4, 0.5) is 0 Å². The van der Waals surface area contributed by atoms with Gasteiger partial charge in [0.15, 0.2) is 0 Å². The van der Waals surface area contributed by atoms with E-state index < -0.39 is 0 Å². The number of fused-ring (bicyclic) bond motifs is 1. The monoisotopic (exact) mass is 178 g/mol. The number of ether oxygens (including phenoxy) is 1. The first-order valence-corrected chi connectivity index (χ1v) is 4.43. The highest BCUT2D eigenvalue weighted by atomic mass is 16.5. The second-order valence-corrected chi connectivity index (χ2v) is 3.36. The van der Waals surface area contributed by atoms with Crippen molar-refractivity contribution in [3.63, 3.8) is 0 Å². The van der Waals surface area contributed by atoms with Gasteiger partial charge >= 0.3 is 0 Å². The molecule has 0 bridgehead atoms. The molecular formula is C10H14N2O. The Labute approximate surface area is 78.4 Å². The molecule has 3 heteroatoms. The first-order chi connectivity index (χ1) is 6.24. The number of nitrogens with zero attached hydrogens (tertiary/aromatic N) is 2. The molecule has 0 saturated carbocycles. The van der Waals surface area contributed by atoms with Gasteiger partial charge in [-0.3, -0.25) is 4.99 Å². The van der Waals surface area contributed by atoms with E-state index in [-0.39, 0.29) is 12.1 Å². The van der Waals surface area contributed by atoms with E-state index in [0.29, 0.717) is 0 Å². The van der Waals surface area contributed by atoms with Crippen LogP contribution in [0.1, 0.15) is 6.92 Å². The molecule has 0 aromatic rings. The Morgan fingerprint density at radius 1 is 1.54 bits per heavy atom. The number of rotatable bonds is 1. The quantitative estimate of drug-likeness (QED) is 0.602. The van der Waals surface area contributed by atoms with E-state index in [1.165, 1.54) is 5.70 Å². The summed E-state index contributed by atoms with van der Waals surface area (Å²) in [7, 11) is 3.76. The van der Waals surface area contributed by atoms with Crippen LogP contribution in [0.3, 0.4) is 0 Å². The predicted octanol–water partition coefficient (Wildman–Crippen LogP) is 1.19. The van der Waals surface area contributed by atoms with Crippen LogP contribution in [0.5, 0.6) is 0 Å². The molecule has 2 aliphatic rings. The lowest BCUT2D eigenvalue weighted by molar-refractivity contribution is 0.125. The van der Waals surface area contributed by atoms with Crippen LogP contribution < -0.4 is 0 Å². The molecule has 0 amide bonds. The summed E-state index contributed by atoms with van der Waals surface area (Å²) in [5, 5.41) is 0. The fourth-order valence-electron chi connectivity index (χ4n) is 1.77. The minimum Gasteiger partial charge on any atom is -0.375 e. The number of hydrogen-bond donors (Lipinski definition) is 0. The molecule has 0 saturated heterocycles. The second kappa shape index (κ2) is 3.00. The zero-order valence-electron chi connectivity index (χ0n) is 8.19. The van der Waals surface area contributed by atoms with Crippen molar-refractivity contribution in [1.29, 1.82) is 0 Å². The van der Waals surface area contributed by atoms with Crippen LogP contribution in [-0.2, 0) is 4.74 Å². The van der Waals surface area contributed by atoms with Crippen molar-refractivity contribution >= 4 is 5.84 Å². The SMILES string of the molecule is COC1C=CC=C2C1N=C(C)N2C. The van der Waals surface area contributed by atoms with E-state index >= 15 is 0 Å². The molecule has 1 aliphatic carbocycles. The van der Waals surface area contributed by atoms with Crippen LogP contribution in [0.15, 0.2) is 28.9 Å². The lowest BCUT2D eigenvalue weighted by Crippen LogP contribution is -2.30. The van der Waals surface area contributed by atoms with Gasteiger partial charge in [0.1, 0.15) is 18.0 Å². The zero-order valence-corrected chi connectivity index (χ0v) is 8.19. The molecule has 3 nitrogen and oxygen atoms in total. The van der Waals surface area contributed by atoms with E-state index in [0.717, 1.165) is 5.84 Å². The van der Waals surface area contributed by atoms with E-state index in [2.05, 4.69) is 16.0 Å². The lowest BCUT2D eigenvalue weighted by Gasteiger charge is -2.23. The van der Waals surface area contributed by atoms with E-state index in [9.17, 15) is 0 Å². The van der Waals surface area contributed by atoms with E-state index in [1.807, 2.05) is 26.1 Å². The maximum atomic E-state index is 5.34. The van der Waals surface area contributed by atoms with Crippen LogP contribution in [0.2, 0.25) is 0 Å². The first kappa shape index (κ1) is 8.51. The van der Waals surface area contributed by atoms with Gasteiger partial charge in [0.25, 0.3) is 0 Å². The Morgan fingerprint density at radius 2 is 2.31 bits per heavy atom. The van der Waals surface area contributed by atoms with Crippen LogP contribution in [0.25, 0.3) is 0 Å². The van der Waals surface area contributed by atoms with Gasteiger partial charge in [-0.05, 0) is 13.0 Å². The summed E-state index contributed by atoms with van der Waals surface area (Å²) >= 11 is 0. The van der Waals surface area contributed by atoms with Crippen molar-refractivity contribution in [2.75, 3.05) is 14.2 Å². The third-order valence-electron chi connectivity index (χ3n) is 2.65. The van der Waals surface area contributed by atoms with Crippen molar-refractivity contribution in [1.82, 2.24) is 4.90 Å². The molecule has 70 valence electrons. The summed E-state index contributed by atoms with van der Waals surface area (Å²) in [6, 6.07) is 0.167. The normalized spacial score (nSPS) is 31.5. The van der Waals surface area contributed by atoms with Gasteiger partial charge in [-0.2, -0.15) is 0 Å². The Morgan fingerprint density at radius 3 is 3.00 bits per heavy atom. The van der Waals surface area contributed by atoms with Gasteiger partial charge in [-0.15, -0.1) is 0 Å². The fraction of sp³-hybridized carbons (Fsp3) is 0.500. The van der Waals surface area contributed by atoms with Gasteiger partial charge in [0, 0.05) is 19.9 Å². The van der Waals surface area contributed by atoms with Crippen molar-refractivity contribution in [2.45, 2.75) is 19.1 Å². The Bertz CT molecular complexity index is 304. The number of aliphatic imine (C=N–C) groups is 1. The topological polar surface area (TPSA) is 24.8 Å². The average Bonchev–Trinajstić information content (AvgIpc) is 2.43. The summed E-state index contributed by atoms with van der Waals surface area (Å²) in [6.45, 7) is 2.02. The van der Waals surface area contributed by atoms with Gasteiger partial charge in [-0.1, -0.05) is 12.2 Å². The van der Waals surface area contributed by atoms with Crippen molar-refractivity contribution in [3.8, 4) is 0 Å². The maximum Gasteiger partial charge on any atom is 0.122 e. The number of methoxy groups -OCH3 is 1. The Balaban J connectivity index is 2.32. The smallest absolute Gasteiger partial charge is 0.122 e. The summed E-state index contributed by atoms with van der Waals surface area (Å²) in [4.78, 5) is 6.65. The summed E-state index contributed by atoms with van der Waals surface area (Å²) in [5.74, 6) is 1.06. The van der Waals surface area contributed by atoms with Crippen molar-refractivity contribution in [3.05, 3.63) is 23.9 Å². The number of allylic oxidation sites excluding steroid dienone is 2. The lowest BCUT2D eigenvalue weighted by atomic mass is 10.0. The van der Waals surface area contributed by atoms with Gasteiger partial charge in [-0.25, -0.2) is 0 Å². The molecule has 0 aromatic heterocycles. The third kappa shape index (κ3) is 1.20. The Kier molecular flexibility index (Phi) is 1.96. The van der Waals surface area contributed by atoms with Crippen LogP contribution >= 0.6 is 0 Å². The molecular weight excluding hydrogens is 164 g/mol. The summed E-state index contributed by atoms with van der Waals surface area (Å²) in [6.07, 6.45) is 6.27. The molecule has 2 atom stereocenters. The van der Waals surface area contributed by atoms with Gasteiger partial charge in [0.05, 0.1) is 0 Å². The predicted molar refractivity (Wildman–Crippen MR) is 52.7 cm³/mol. The van der Waals surface area contributed by atoms with Crippen molar-refractivity contribution in [2.24, 2.45) is 4.99 Å². The van der Waals surface area contributed by atoms with E-state index in [4.69, 9.17) is 4.74 Å². The maximum absolute atomic E-state index is 5.34. The highest BCUT2D eigenvalue weighted by Gasteiger charge is 2.32. The molecule has 0 radical (unpaired) electrons. The standard InChI is InChI=1S/C10H14N2O/c1-7-11-10-8(12(7)2)5-4-6-9(10)13-3/h4-6,9-10H,1-3H3. The highest BCUT2D eigenvalue weighted by Crippen LogP contribution is 2.27. The highest BCUT2D eigenvalue weighted by molar-refractivity contribution is 5.84. The van der Waals surface area contributed by atoms with Gasteiger partial charge < -0.3 is 9.64 Å². The van der Waals surface area contributed by atoms with Crippen molar-refractivity contribution < 1.29 is 4.74 Å². The molecule has 0 fully saturated rings. The molecule has 0 aromatic carbocycles. The fourth-order valence-corrected chi connectivity index (χ4v) is 1.77. The summed E-state index contributed by atoms with van der Waals surface area (Å²) in [5.41, 5.74) is 1.23. The minimum atomic E-state index is 0.0971. The molecule has 13 heavy (non-hydrogen) atoms. The van der Waals surface area contributed by atoms with Gasteiger partial charge in [0.2, 0.25) is 0 Å². The number of likely N-dealkylation sites (N-methyl/N-ethyl adjacent to an activating group) is 1. The van der Waals surface area contributed by atoms with E-state index in [1.54, 1.807) is 7.11 Å². The molecule has 1 aliphatic heterocycles. The minimum absolute atomic E-state index is 0.0971. The van der Waals surface area contributed by atoms with Crippen LogP contribution in [0, 0.1) is 0 Å². The second-order valence-electron chi connectivity index (χ2n) is 3.36. The first-order valence-electron chi connectivity index (χ1n) is 4.43. The number of hydrogen-bond acceptors (Lipinski definition) is 3. The Hall–Kier alpha value is -1.09. The average molecular weight is 178 g/mol.